The predicted molar refractivity (Wildman–Crippen MR) is 70.0 cm³/mol. The lowest BCUT2D eigenvalue weighted by atomic mass is 9.91. The molecule has 1 unspecified atom stereocenters. The molecule has 1 aromatic heterocycles. The summed E-state index contributed by atoms with van der Waals surface area (Å²) in [5, 5.41) is 15.0. The molecule has 0 aliphatic carbocycles. The quantitative estimate of drug-likeness (QED) is 0.878. The van der Waals surface area contributed by atoms with Crippen LogP contribution in [0.15, 0.2) is 36.7 Å². The maximum Gasteiger partial charge on any atom is 0.159 e. The summed E-state index contributed by atoms with van der Waals surface area (Å²) in [6.07, 6.45) is 2.67. The van der Waals surface area contributed by atoms with E-state index in [1.165, 1.54) is 6.33 Å². The zero-order valence-electron chi connectivity index (χ0n) is 10.9. The second-order valence-corrected chi connectivity index (χ2v) is 4.45. The van der Waals surface area contributed by atoms with E-state index in [1.807, 2.05) is 44.2 Å². The van der Waals surface area contributed by atoms with Gasteiger partial charge < -0.3 is 5.11 Å². The number of nitrogens with zero attached hydrogens (tertiary/aromatic N) is 3. The van der Waals surface area contributed by atoms with E-state index in [1.54, 1.807) is 4.68 Å². The van der Waals surface area contributed by atoms with Crippen LogP contribution in [0.25, 0.3) is 0 Å². The van der Waals surface area contributed by atoms with Crippen LogP contribution in [0.4, 0.5) is 0 Å². The fourth-order valence-corrected chi connectivity index (χ4v) is 2.15. The zero-order chi connectivity index (χ0) is 13.0. The number of aliphatic hydroxyl groups is 1. The smallest absolute Gasteiger partial charge is 0.159 e. The second kappa shape index (κ2) is 5.31. The van der Waals surface area contributed by atoms with Gasteiger partial charge in [0.1, 0.15) is 11.9 Å². The summed E-state index contributed by atoms with van der Waals surface area (Å²) in [4.78, 5) is 4.23. The van der Waals surface area contributed by atoms with Gasteiger partial charge in [0, 0.05) is 13.0 Å². The molecule has 18 heavy (non-hydrogen) atoms. The highest BCUT2D eigenvalue weighted by Gasteiger charge is 2.32. The van der Waals surface area contributed by atoms with Crippen LogP contribution in [0.2, 0.25) is 0 Å². The molecule has 0 saturated heterocycles. The third kappa shape index (κ3) is 2.43. The lowest BCUT2D eigenvalue weighted by molar-refractivity contribution is 0.0192. The molecule has 96 valence electrons. The van der Waals surface area contributed by atoms with E-state index >= 15 is 0 Å². The highest BCUT2D eigenvalue weighted by molar-refractivity contribution is 5.19. The number of benzene rings is 1. The molecule has 0 radical (unpaired) electrons. The second-order valence-electron chi connectivity index (χ2n) is 4.45. The Morgan fingerprint density at radius 2 is 1.94 bits per heavy atom. The van der Waals surface area contributed by atoms with Crippen molar-refractivity contribution in [1.82, 2.24) is 14.8 Å². The van der Waals surface area contributed by atoms with Crippen molar-refractivity contribution in [2.45, 2.75) is 38.8 Å². The number of hydrogen-bond donors (Lipinski definition) is 1. The first kappa shape index (κ1) is 12.8. The monoisotopic (exact) mass is 245 g/mol. The van der Waals surface area contributed by atoms with Crippen LogP contribution in [0.1, 0.15) is 31.7 Å². The Balaban J connectivity index is 2.31. The van der Waals surface area contributed by atoms with Crippen LogP contribution in [0.5, 0.6) is 0 Å². The fraction of sp³-hybridized carbons (Fsp3) is 0.429. The Morgan fingerprint density at radius 1 is 1.22 bits per heavy atom. The van der Waals surface area contributed by atoms with Gasteiger partial charge in [-0.25, -0.2) is 9.67 Å². The molecule has 0 spiro atoms. The molecule has 0 aliphatic heterocycles. The van der Waals surface area contributed by atoms with E-state index in [0.717, 1.165) is 5.56 Å². The highest BCUT2D eigenvalue weighted by Crippen LogP contribution is 2.27. The van der Waals surface area contributed by atoms with Crippen LogP contribution in [-0.2, 0) is 18.6 Å². The predicted octanol–water partition coefficient (Wildman–Crippen LogP) is 2.14. The average molecular weight is 245 g/mol. The van der Waals surface area contributed by atoms with Crippen molar-refractivity contribution in [2.24, 2.45) is 0 Å². The average Bonchev–Trinajstić information content (AvgIpc) is 2.88. The van der Waals surface area contributed by atoms with Crippen molar-refractivity contribution in [3.63, 3.8) is 0 Å². The van der Waals surface area contributed by atoms with E-state index < -0.39 is 5.60 Å². The van der Waals surface area contributed by atoms with Gasteiger partial charge >= 0.3 is 0 Å². The molecule has 0 aliphatic rings. The topological polar surface area (TPSA) is 50.9 Å². The van der Waals surface area contributed by atoms with Gasteiger partial charge in [0.25, 0.3) is 0 Å². The Kier molecular flexibility index (Phi) is 3.77. The Bertz CT molecular complexity index is 495. The fourth-order valence-electron chi connectivity index (χ4n) is 2.15. The molecular formula is C14H19N3O. The SMILES string of the molecule is CCn1ncnc1C(O)(CC)Cc1ccccc1. The van der Waals surface area contributed by atoms with E-state index in [0.29, 0.717) is 25.2 Å². The molecule has 0 amide bonds. The summed E-state index contributed by atoms with van der Waals surface area (Å²) in [6, 6.07) is 9.98. The molecule has 1 heterocycles. The first-order valence-electron chi connectivity index (χ1n) is 6.34. The molecule has 1 N–H and O–H groups in total. The standard InChI is InChI=1S/C14H19N3O/c1-3-14(18,10-12-8-6-5-7-9-12)13-15-11-16-17(13)4-2/h5-9,11,18H,3-4,10H2,1-2H3. The molecule has 1 atom stereocenters. The van der Waals surface area contributed by atoms with Crippen LogP contribution in [-0.4, -0.2) is 19.9 Å². The minimum atomic E-state index is -0.951. The van der Waals surface area contributed by atoms with Gasteiger partial charge in [-0.1, -0.05) is 37.3 Å². The third-order valence-corrected chi connectivity index (χ3v) is 3.26. The molecule has 0 bridgehead atoms. The molecule has 2 rings (SSSR count). The molecular weight excluding hydrogens is 226 g/mol. The zero-order valence-corrected chi connectivity index (χ0v) is 10.9. The van der Waals surface area contributed by atoms with E-state index in [2.05, 4.69) is 10.1 Å². The summed E-state index contributed by atoms with van der Waals surface area (Å²) < 4.78 is 1.76. The summed E-state index contributed by atoms with van der Waals surface area (Å²) in [5.41, 5.74) is 0.154. The minimum absolute atomic E-state index is 0.559. The van der Waals surface area contributed by atoms with Crippen LogP contribution in [0, 0.1) is 0 Å². The highest BCUT2D eigenvalue weighted by atomic mass is 16.3. The van der Waals surface area contributed by atoms with Gasteiger partial charge in [0.05, 0.1) is 0 Å². The lowest BCUT2D eigenvalue weighted by Crippen LogP contribution is -2.32. The van der Waals surface area contributed by atoms with E-state index in [4.69, 9.17) is 0 Å². The first-order valence-corrected chi connectivity index (χ1v) is 6.34. The van der Waals surface area contributed by atoms with E-state index in [-0.39, 0.29) is 0 Å². The maximum absolute atomic E-state index is 10.8. The number of aromatic nitrogens is 3. The normalized spacial score (nSPS) is 14.4. The van der Waals surface area contributed by atoms with Crippen molar-refractivity contribution < 1.29 is 5.11 Å². The maximum atomic E-state index is 10.8. The first-order chi connectivity index (χ1) is 8.69. The summed E-state index contributed by atoms with van der Waals surface area (Å²) in [6.45, 7) is 4.68. The molecule has 0 saturated carbocycles. The van der Waals surface area contributed by atoms with Gasteiger partial charge in [-0.15, -0.1) is 0 Å². The van der Waals surface area contributed by atoms with Crippen molar-refractivity contribution in [3.05, 3.63) is 48.0 Å². The molecule has 0 fully saturated rings. The largest absolute Gasteiger partial charge is 0.382 e. The van der Waals surface area contributed by atoms with E-state index in [9.17, 15) is 5.11 Å². The third-order valence-electron chi connectivity index (χ3n) is 3.26. The molecule has 2 aromatic rings. The summed E-state index contributed by atoms with van der Waals surface area (Å²) >= 11 is 0. The number of rotatable bonds is 5. The van der Waals surface area contributed by atoms with Gasteiger partial charge in [0.15, 0.2) is 5.82 Å². The van der Waals surface area contributed by atoms with Crippen molar-refractivity contribution in [3.8, 4) is 0 Å². The van der Waals surface area contributed by atoms with Gasteiger partial charge in [-0.2, -0.15) is 5.10 Å². The Hall–Kier alpha value is -1.68. The molecule has 1 aromatic carbocycles. The Morgan fingerprint density at radius 3 is 2.56 bits per heavy atom. The van der Waals surface area contributed by atoms with Gasteiger partial charge in [0.2, 0.25) is 0 Å². The van der Waals surface area contributed by atoms with Crippen molar-refractivity contribution in [1.29, 1.82) is 0 Å². The molecule has 4 nitrogen and oxygen atoms in total. The minimum Gasteiger partial charge on any atom is -0.382 e. The summed E-state index contributed by atoms with van der Waals surface area (Å²) in [5.74, 6) is 0.649. The Labute approximate surface area is 107 Å². The van der Waals surface area contributed by atoms with Crippen LogP contribution >= 0.6 is 0 Å². The number of aryl methyl sites for hydroxylation is 1. The van der Waals surface area contributed by atoms with Gasteiger partial charge in [-0.3, -0.25) is 0 Å². The van der Waals surface area contributed by atoms with Crippen LogP contribution < -0.4 is 0 Å². The summed E-state index contributed by atoms with van der Waals surface area (Å²) in [7, 11) is 0. The van der Waals surface area contributed by atoms with Crippen molar-refractivity contribution in [2.75, 3.05) is 0 Å². The number of hydrogen-bond acceptors (Lipinski definition) is 3. The van der Waals surface area contributed by atoms with Crippen molar-refractivity contribution >= 4 is 0 Å². The lowest BCUT2D eigenvalue weighted by Gasteiger charge is -2.26. The molecule has 4 heteroatoms. The van der Waals surface area contributed by atoms with Crippen LogP contribution in [0.3, 0.4) is 0 Å². The van der Waals surface area contributed by atoms with Gasteiger partial charge in [-0.05, 0) is 18.9 Å².